The van der Waals surface area contributed by atoms with Crippen LogP contribution in [0.5, 0.6) is 0 Å². The van der Waals surface area contributed by atoms with E-state index in [0.29, 0.717) is 13.0 Å². The van der Waals surface area contributed by atoms with Crippen LogP contribution >= 0.6 is 11.3 Å². The van der Waals surface area contributed by atoms with Gasteiger partial charge in [0.05, 0.1) is 11.5 Å². The van der Waals surface area contributed by atoms with Gasteiger partial charge in [-0.2, -0.15) is 0 Å². The largest absolute Gasteiger partial charge is 0.450 e. The SMILES string of the molecule is NC(=O)OCCCCCC(=O)c1cccs1. The highest BCUT2D eigenvalue weighted by molar-refractivity contribution is 7.12. The van der Waals surface area contributed by atoms with Gasteiger partial charge in [0, 0.05) is 6.42 Å². The molecule has 4 nitrogen and oxygen atoms in total. The summed E-state index contributed by atoms with van der Waals surface area (Å²) < 4.78 is 4.58. The fraction of sp³-hybridized carbons (Fsp3) is 0.455. The average molecular weight is 241 g/mol. The lowest BCUT2D eigenvalue weighted by molar-refractivity contribution is 0.0981. The predicted octanol–water partition coefficient (Wildman–Crippen LogP) is 2.59. The van der Waals surface area contributed by atoms with Crippen molar-refractivity contribution in [3.8, 4) is 0 Å². The zero-order chi connectivity index (χ0) is 11.8. The first-order valence-electron chi connectivity index (χ1n) is 5.19. The van der Waals surface area contributed by atoms with Crippen LogP contribution in [0.4, 0.5) is 4.79 Å². The van der Waals surface area contributed by atoms with E-state index in [1.807, 2.05) is 17.5 Å². The van der Waals surface area contributed by atoms with Gasteiger partial charge in [-0.3, -0.25) is 4.79 Å². The summed E-state index contributed by atoms with van der Waals surface area (Å²) in [4.78, 5) is 22.6. The molecule has 0 aliphatic rings. The lowest BCUT2D eigenvalue weighted by Gasteiger charge is -2.01. The molecule has 88 valence electrons. The summed E-state index contributed by atoms with van der Waals surface area (Å²) in [5.41, 5.74) is 4.81. The minimum atomic E-state index is -0.741. The second-order valence-electron chi connectivity index (χ2n) is 3.38. The Morgan fingerprint density at radius 1 is 1.31 bits per heavy atom. The number of carbonyl (C=O) groups is 2. The van der Waals surface area contributed by atoms with Crippen molar-refractivity contribution in [3.05, 3.63) is 22.4 Å². The number of primary amides is 1. The van der Waals surface area contributed by atoms with Crippen LogP contribution in [0.1, 0.15) is 35.4 Å². The van der Waals surface area contributed by atoms with Gasteiger partial charge in [0.15, 0.2) is 5.78 Å². The molecule has 0 saturated heterocycles. The summed E-state index contributed by atoms with van der Waals surface area (Å²) in [5.74, 6) is 0.186. The molecule has 1 aromatic heterocycles. The number of thiophene rings is 1. The van der Waals surface area contributed by atoms with Crippen molar-refractivity contribution < 1.29 is 14.3 Å². The molecular formula is C11H15NO3S. The molecule has 0 aliphatic carbocycles. The fourth-order valence-corrected chi connectivity index (χ4v) is 1.99. The van der Waals surface area contributed by atoms with Gasteiger partial charge in [-0.25, -0.2) is 4.79 Å². The van der Waals surface area contributed by atoms with Crippen LogP contribution in [0.2, 0.25) is 0 Å². The normalized spacial score (nSPS) is 10.0. The van der Waals surface area contributed by atoms with Gasteiger partial charge < -0.3 is 10.5 Å². The lowest BCUT2D eigenvalue weighted by Crippen LogP contribution is -2.13. The third kappa shape index (κ3) is 4.93. The second-order valence-corrected chi connectivity index (χ2v) is 4.33. The molecule has 0 atom stereocenters. The van der Waals surface area contributed by atoms with Gasteiger partial charge in [0.1, 0.15) is 0 Å². The molecule has 0 aliphatic heterocycles. The van der Waals surface area contributed by atoms with E-state index in [1.165, 1.54) is 11.3 Å². The van der Waals surface area contributed by atoms with Gasteiger partial charge in [0.2, 0.25) is 0 Å². The number of nitrogens with two attached hydrogens (primary N) is 1. The first kappa shape index (κ1) is 12.7. The zero-order valence-electron chi connectivity index (χ0n) is 8.98. The molecule has 0 unspecified atom stereocenters. The molecule has 0 saturated carbocycles. The van der Waals surface area contributed by atoms with Gasteiger partial charge in [-0.05, 0) is 30.7 Å². The van der Waals surface area contributed by atoms with E-state index in [4.69, 9.17) is 5.73 Å². The standard InChI is InChI=1S/C11H15NO3S/c12-11(14)15-7-3-1-2-5-9(13)10-6-4-8-16-10/h4,6,8H,1-3,5,7H2,(H2,12,14). The third-order valence-electron chi connectivity index (χ3n) is 2.09. The Balaban J connectivity index is 2.03. The highest BCUT2D eigenvalue weighted by Gasteiger charge is 2.05. The number of unbranched alkanes of at least 4 members (excludes halogenated alkanes) is 2. The van der Waals surface area contributed by atoms with Crippen LogP contribution < -0.4 is 5.73 Å². The van der Waals surface area contributed by atoms with Crippen LogP contribution in [0, 0.1) is 0 Å². The maximum Gasteiger partial charge on any atom is 0.404 e. The molecule has 0 fully saturated rings. The number of carbonyl (C=O) groups excluding carboxylic acids is 2. The van der Waals surface area contributed by atoms with E-state index in [2.05, 4.69) is 4.74 Å². The molecular weight excluding hydrogens is 226 g/mol. The molecule has 16 heavy (non-hydrogen) atoms. The number of Topliss-reactive ketones (excluding diaryl/α,β-unsaturated/α-hetero) is 1. The number of ketones is 1. The Morgan fingerprint density at radius 3 is 2.75 bits per heavy atom. The van der Waals surface area contributed by atoms with Crippen LogP contribution in [0.3, 0.4) is 0 Å². The Morgan fingerprint density at radius 2 is 2.12 bits per heavy atom. The van der Waals surface area contributed by atoms with Gasteiger partial charge in [-0.15, -0.1) is 11.3 Å². The maximum atomic E-state index is 11.6. The average Bonchev–Trinajstić information content (AvgIpc) is 2.75. The fourth-order valence-electron chi connectivity index (χ4n) is 1.30. The van der Waals surface area contributed by atoms with Crippen molar-refractivity contribution in [2.45, 2.75) is 25.7 Å². The second kappa shape index (κ2) is 7.00. The molecule has 0 radical (unpaired) electrons. The minimum Gasteiger partial charge on any atom is -0.450 e. The number of amides is 1. The van der Waals surface area contributed by atoms with Crippen LogP contribution in [0.15, 0.2) is 17.5 Å². The van der Waals surface area contributed by atoms with Crippen LogP contribution in [0.25, 0.3) is 0 Å². The van der Waals surface area contributed by atoms with Crippen molar-refractivity contribution in [2.75, 3.05) is 6.61 Å². The maximum absolute atomic E-state index is 11.6. The molecule has 1 heterocycles. The van der Waals surface area contributed by atoms with Crippen molar-refractivity contribution in [2.24, 2.45) is 5.73 Å². The number of ether oxygens (including phenoxy) is 1. The topological polar surface area (TPSA) is 69.4 Å². The molecule has 0 aromatic carbocycles. The molecule has 5 heteroatoms. The van der Waals surface area contributed by atoms with Crippen molar-refractivity contribution in [1.82, 2.24) is 0 Å². The van der Waals surface area contributed by atoms with Gasteiger partial charge >= 0.3 is 6.09 Å². The van der Waals surface area contributed by atoms with Crippen molar-refractivity contribution >= 4 is 23.2 Å². The van der Waals surface area contributed by atoms with Gasteiger partial charge in [0.25, 0.3) is 0 Å². The number of hydrogen-bond acceptors (Lipinski definition) is 4. The Labute approximate surface area is 98.4 Å². The lowest BCUT2D eigenvalue weighted by atomic mass is 10.1. The van der Waals surface area contributed by atoms with Crippen molar-refractivity contribution in [1.29, 1.82) is 0 Å². The van der Waals surface area contributed by atoms with Crippen LogP contribution in [-0.4, -0.2) is 18.5 Å². The summed E-state index contributed by atoms with van der Waals surface area (Å²) in [5, 5.41) is 1.90. The Kier molecular flexibility index (Phi) is 5.56. The first-order chi connectivity index (χ1) is 7.70. The summed E-state index contributed by atoms with van der Waals surface area (Å²) in [7, 11) is 0. The van der Waals surface area contributed by atoms with Crippen LogP contribution in [-0.2, 0) is 4.74 Å². The van der Waals surface area contributed by atoms with E-state index in [9.17, 15) is 9.59 Å². The number of hydrogen-bond donors (Lipinski definition) is 1. The highest BCUT2D eigenvalue weighted by atomic mass is 32.1. The van der Waals surface area contributed by atoms with E-state index < -0.39 is 6.09 Å². The summed E-state index contributed by atoms with van der Waals surface area (Å²) in [6.45, 7) is 0.336. The smallest absolute Gasteiger partial charge is 0.404 e. The molecule has 1 amide bonds. The summed E-state index contributed by atoms with van der Waals surface area (Å²) in [6.07, 6.45) is 2.25. The quantitative estimate of drug-likeness (QED) is 0.589. The Bertz CT molecular complexity index is 335. The summed E-state index contributed by atoms with van der Waals surface area (Å²) >= 11 is 1.47. The van der Waals surface area contributed by atoms with E-state index in [0.717, 1.165) is 24.1 Å². The van der Waals surface area contributed by atoms with E-state index in [-0.39, 0.29) is 5.78 Å². The molecule has 1 rings (SSSR count). The molecule has 0 bridgehead atoms. The third-order valence-corrected chi connectivity index (χ3v) is 3.00. The molecule has 0 spiro atoms. The first-order valence-corrected chi connectivity index (χ1v) is 6.07. The Hall–Kier alpha value is -1.36. The predicted molar refractivity (Wildman–Crippen MR) is 62.7 cm³/mol. The van der Waals surface area contributed by atoms with Gasteiger partial charge in [-0.1, -0.05) is 6.07 Å². The summed E-state index contributed by atoms with van der Waals surface area (Å²) in [6, 6.07) is 3.71. The highest BCUT2D eigenvalue weighted by Crippen LogP contribution is 2.13. The minimum absolute atomic E-state index is 0.186. The van der Waals surface area contributed by atoms with Crippen molar-refractivity contribution in [3.63, 3.8) is 0 Å². The van der Waals surface area contributed by atoms with E-state index >= 15 is 0 Å². The number of rotatable bonds is 7. The molecule has 1 aromatic rings. The van der Waals surface area contributed by atoms with E-state index in [1.54, 1.807) is 0 Å². The monoisotopic (exact) mass is 241 g/mol. The zero-order valence-corrected chi connectivity index (χ0v) is 9.79. The molecule has 2 N–H and O–H groups in total.